The molecule has 4 N–H and O–H groups in total. The molecule has 0 atom stereocenters. The number of amides is 1. The smallest absolute Gasteiger partial charge is 0.269 e. The number of hydrogen-bond donors (Lipinski definition) is 2. The average molecular weight is 197 g/mol. The number of rotatable bonds is 4. The van der Waals surface area contributed by atoms with E-state index in [0.29, 0.717) is 12.4 Å². The van der Waals surface area contributed by atoms with Crippen LogP contribution < -0.4 is 11.5 Å². The molecule has 1 aromatic rings. The Hall–Kier alpha value is -1.56. The van der Waals surface area contributed by atoms with Gasteiger partial charge in [0.15, 0.2) is 5.69 Å². The lowest BCUT2D eigenvalue weighted by molar-refractivity contribution is 0.0994. The van der Waals surface area contributed by atoms with E-state index in [9.17, 15) is 4.79 Å². The summed E-state index contributed by atoms with van der Waals surface area (Å²) < 4.78 is 1.57. The van der Waals surface area contributed by atoms with Crippen molar-refractivity contribution < 1.29 is 4.79 Å². The van der Waals surface area contributed by atoms with Crippen LogP contribution in [0, 0.1) is 0 Å². The van der Waals surface area contributed by atoms with Crippen LogP contribution in [0.5, 0.6) is 0 Å². The van der Waals surface area contributed by atoms with Gasteiger partial charge in [0.05, 0.1) is 6.54 Å². The molecule has 0 fully saturated rings. The minimum atomic E-state index is -0.555. The fourth-order valence-electron chi connectivity index (χ4n) is 1.03. The van der Waals surface area contributed by atoms with Crippen LogP contribution in [0.1, 0.15) is 10.5 Å². The number of likely N-dealkylation sites (N-methyl/N-ethyl adjacent to an activating group) is 1. The Morgan fingerprint density at radius 2 is 2.29 bits per heavy atom. The molecule has 0 aromatic carbocycles. The highest BCUT2D eigenvalue weighted by atomic mass is 16.1. The molecule has 0 saturated carbocycles. The van der Waals surface area contributed by atoms with Crippen LogP contribution >= 0.6 is 0 Å². The summed E-state index contributed by atoms with van der Waals surface area (Å²) in [4.78, 5) is 12.8. The first kappa shape index (κ1) is 10.5. The van der Waals surface area contributed by atoms with E-state index in [1.807, 2.05) is 19.0 Å². The van der Waals surface area contributed by atoms with E-state index in [1.165, 1.54) is 6.07 Å². The Bertz CT molecular complexity index is 330. The zero-order chi connectivity index (χ0) is 10.7. The summed E-state index contributed by atoms with van der Waals surface area (Å²) in [6, 6.07) is 1.48. The quantitative estimate of drug-likeness (QED) is 0.656. The Balaban J connectivity index is 2.72. The summed E-state index contributed by atoms with van der Waals surface area (Å²) in [6.45, 7) is 1.45. The number of nitrogens with zero attached hydrogens (tertiary/aromatic N) is 3. The van der Waals surface area contributed by atoms with Gasteiger partial charge >= 0.3 is 0 Å². The third kappa shape index (κ3) is 2.46. The zero-order valence-corrected chi connectivity index (χ0v) is 8.40. The molecule has 0 unspecified atom stereocenters. The second-order valence-electron chi connectivity index (χ2n) is 3.35. The molecule has 0 spiro atoms. The number of nitrogens with two attached hydrogens (primary N) is 2. The van der Waals surface area contributed by atoms with Gasteiger partial charge in [-0.1, -0.05) is 0 Å². The van der Waals surface area contributed by atoms with Crippen molar-refractivity contribution >= 4 is 11.7 Å². The van der Waals surface area contributed by atoms with Crippen LogP contribution in [-0.2, 0) is 6.54 Å². The molecule has 1 rings (SSSR count). The minimum Gasteiger partial charge on any atom is -0.384 e. The number of anilines is 1. The van der Waals surface area contributed by atoms with E-state index in [2.05, 4.69) is 5.10 Å². The number of carbonyl (C=O) groups is 1. The van der Waals surface area contributed by atoms with E-state index in [1.54, 1.807) is 4.68 Å². The topological polar surface area (TPSA) is 90.2 Å². The van der Waals surface area contributed by atoms with Crippen LogP contribution in [0.2, 0.25) is 0 Å². The van der Waals surface area contributed by atoms with Crippen molar-refractivity contribution in [2.24, 2.45) is 5.73 Å². The highest BCUT2D eigenvalue weighted by Gasteiger charge is 2.08. The SMILES string of the molecule is CN(C)CCn1nc(C(N)=O)cc1N. The van der Waals surface area contributed by atoms with Crippen LogP contribution in [0.15, 0.2) is 6.07 Å². The predicted molar refractivity (Wildman–Crippen MR) is 53.7 cm³/mol. The van der Waals surface area contributed by atoms with Gasteiger partial charge < -0.3 is 16.4 Å². The van der Waals surface area contributed by atoms with Crippen molar-refractivity contribution in [2.75, 3.05) is 26.4 Å². The van der Waals surface area contributed by atoms with Gasteiger partial charge in [-0.3, -0.25) is 4.79 Å². The molecule has 0 aliphatic heterocycles. The van der Waals surface area contributed by atoms with E-state index in [4.69, 9.17) is 11.5 Å². The molecule has 1 aromatic heterocycles. The first-order chi connectivity index (χ1) is 6.50. The summed E-state index contributed by atoms with van der Waals surface area (Å²) in [6.07, 6.45) is 0. The Labute approximate surface area is 82.5 Å². The van der Waals surface area contributed by atoms with Crippen LogP contribution in [0.3, 0.4) is 0 Å². The predicted octanol–water partition coefficient (Wildman–Crippen LogP) is -0.874. The molecule has 78 valence electrons. The fraction of sp³-hybridized carbons (Fsp3) is 0.500. The van der Waals surface area contributed by atoms with Gasteiger partial charge in [-0.15, -0.1) is 0 Å². The Morgan fingerprint density at radius 3 is 2.71 bits per heavy atom. The molecule has 6 nitrogen and oxygen atoms in total. The van der Waals surface area contributed by atoms with Crippen molar-refractivity contribution in [3.63, 3.8) is 0 Å². The molecule has 1 amide bonds. The van der Waals surface area contributed by atoms with E-state index >= 15 is 0 Å². The second-order valence-corrected chi connectivity index (χ2v) is 3.35. The lowest BCUT2D eigenvalue weighted by Crippen LogP contribution is -2.20. The molecular weight excluding hydrogens is 182 g/mol. The monoisotopic (exact) mass is 197 g/mol. The van der Waals surface area contributed by atoms with Gasteiger partial charge in [0.2, 0.25) is 0 Å². The molecule has 0 aliphatic rings. The average Bonchev–Trinajstić information content (AvgIpc) is 2.43. The summed E-state index contributed by atoms with van der Waals surface area (Å²) in [5, 5.41) is 3.97. The van der Waals surface area contributed by atoms with Crippen LogP contribution in [0.25, 0.3) is 0 Å². The lowest BCUT2D eigenvalue weighted by atomic mass is 10.4. The summed E-state index contributed by atoms with van der Waals surface area (Å²) >= 11 is 0. The first-order valence-corrected chi connectivity index (χ1v) is 4.28. The van der Waals surface area contributed by atoms with Gasteiger partial charge in [-0.25, -0.2) is 4.68 Å². The Kier molecular flexibility index (Phi) is 3.08. The van der Waals surface area contributed by atoms with Crippen molar-refractivity contribution in [3.8, 4) is 0 Å². The lowest BCUT2D eigenvalue weighted by Gasteiger charge is -2.09. The molecule has 0 aliphatic carbocycles. The number of aromatic nitrogens is 2. The van der Waals surface area contributed by atoms with Gasteiger partial charge in [-0.05, 0) is 14.1 Å². The summed E-state index contributed by atoms with van der Waals surface area (Å²) in [7, 11) is 3.91. The van der Waals surface area contributed by atoms with Crippen molar-refractivity contribution in [1.29, 1.82) is 0 Å². The van der Waals surface area contributed by atoms with Crippen molar-refractivity contribution in [3.05, 3.63) is 11.8 Å². The van der Waals surface area contributed by atoms with Crippen molar-refractivity contribution in [1.82, 2.24) is 14.7 Å². The van der Waals surface area contributed by atoms with Gasteiger partial charge in [0, 0.05) is 12.6 Å². The molecule has 1 heterocycles. The molecule has 0 bridgehead atoms. The molecule has 6 heteroatoms. The number of hydrogen-bond acceptors (Lipinski definition) is 4. The molecule has 14 heavy (non-hydrogen) atoms. The molecule has 0 radical (unpaired) electrons. The number of nitrogen functional groups attached to an aromatic ring is 1. The van der Waals surface area contributed by atoms with E-state index in [-0.39, 0.29) is 5.69 Å². The zero-order valence-electron chi connectivity index (χ0n) is 8.40. The third-order valence-corrected chi connectivity index (χ3v) is 1.82. The third-order valence-electron chi connectivity index (χ3n) is 1.82. The maximum absolute atomic E-state index is 10.8. The normalized spacial score (nSPS) is 10.8. The number of primary amides is 1. The highest BCUT2D eigenvalue weighted by molar-refractivity contribution is 5.91. The maximum atomic E-state index is 10.8. The number of carbonyl (C=O) groups excluding carboxylic acids is 1. The van der Waals surface area contributed by atoms with Crippen LogP contribution in [-0.4, -0.2) is 41.2 Å². The van der Waals surface area contributed by atoms with Gasteiger partial charge in [0.1, 0.15) is 5.82 Å². The van der Waals surface area contributed by atoms with E-state index < -0.39 is 5.91 Å². The highest BCUT2D eigenvalue weighted by Crippen LogP contribution is 2.05. The summed E-state index contributed by atoms with van der Waals surface area (Å²) in [5.41, 5.74) is 10.9. The van der Waals surface area contributed by atoms with Crippen molar-refractivity contribution in [2.45, 2.75) is 6.54 Å². The summed E-state index contributed by atoms with van der Waals surface area (Å²) in [5.74, 6) is -0.0963. The standard InChI is InChI=1S/C8H15N5O/c1-12(2)3-4-13-7(9)5-6(11-13)8(10)14/h5H,3-4,9H2,1-2H3,(H2,10,14). The first-order valence-electron chi connectivity index (χ1n) is 4.28. The van der Waals surface area contributed by atoms with E-state index in [0.717, 1.165) is 6.54 Å². The van der Waals surface area contributed by atoms with Crippen LogP contribution in [0.4, 0.5) is 5.82 Å². The maximum Gasteiger partial charge on any atom is 0.269 e. The van der Waals surface area contributed by atoms with Gasteiger partial charge in [0.25, 0.3) is 5.91 Å². The molecular formula is C8H15N5O. The Morgan fingerprint density at radius 1 is 1.64 bits per heavy atom. The second kappa shape index (κ2) is 4.10. The largest absolute Gasteiger partial charge is 0.384 e. The van der Waals surface area contributed by atoms with Gasteiger partial charge in [-0.2, -0.15) is 5.10 Å². The molecule has 0 saturated heterocycles. The fourth-order valence-corrected chi connectivity index (χ4v) is 1.03. The minimum absolute atomic E-state index is 0.209.